The van der Waals surface area contributed by atoms with Gasteiger partial charge in [-0.3, -0.25) is 4.79 Å². The smallest absolute Gasteiger partial charge is 0.225 e. The first-order valence-electron chi connectivity index (χ1n) is 9.51. The number of anilines is 1. The largest absolute Gasteiger partial charge is 0.493 e. The average molecular weight is 440 g/mol. The molecular weight excluding hydrogens is 416 g/mol. The number of carbonyl (C=O) groups excluding carboxylic acids is 1. The van der Waals surface area contributed by atoms with E-state index in [4.69, 9.17) is 28.2 Å². The van der Waals surface area contributed by atoms with Gasteiger partial charge in [0.05, 0.1) is 35.5 Å². The minimum Gasteiger partial charge on any atom is -0.493 e. The van der Waals surface area contributed by atoms with Gasteiger partial charge in [0.25, 0.3) is 0 Å². The van der Waals surface area contributed by atoms with Crippen LogP contribution in [0.25, 0.3) is 11.3 Å². The maximum atomic E-state index is 12.5. The van der Waals surface area contributed by atoms with Crippen molar-refractivity contribution in [3.8, 4) is 40.0 Å². The van der Waals surface area contributed by atoms with Crippen LogP contribution in [-0.2, 0) is 0 Å². The SMILES string of the molecule is COc1ccc(-c2cc(C(=O)/C=C\Nc3cc(OC)c(OC)c(OC)c3)on2)cc1OC. The Morgan fingerprint density at radius 2 is 1.50 bits per heavy atom. The molecule has 32 heavy (non-hydrogen) atoms. The molecule has 0 radical (unpaired) electrons. The summed E-state index contributed by atoms with van der Waals surface area (Å²) in [4.78, 5) is 12.5. The lowest BCUT2D eigenvalue weighted by Crippen LogP contribution is -1.98. The van der Waals surface area contributed by atoms with E-state index < -0.39 is 0 Å². The fraction of sp³-hybridized carbons (Fsp3) is 0.217. The van der Waals surface area contributed by atoms with E-state index >= 15 is 0 Å². The van der Waals surface area contributed by atoms with Crippen LogP contribution < -0.4 is 29.0 Å². The van der Waals surface area contributed by atoms with Crippen molar-refractivity contribution in [1.82, 2.24) is 5.16 Å². The molecule has 0 unspecified atom stereocenters. The number of carbonyl (C=O) groups is 1. The number of ketones is 1. The molecule has 3 rings (SSSR count). The zero-order chi connectivity index (χ0) is 23.1. The van der Waals surface area contributed by atoms with E-state index in [1.54, 1.807) is 50.6 Å². The van der Waals surface area contributed by atoms with Gasteiger partial charge in [-0.05, 0) is 18.2 Å². The Bertz CT molecular complexity index is 1100. The molecule has 0 amide bonds. The maximum Gasteiger partial charge on any atom is 0.225 e. The van der Waals surface area contributed by atoms with Crippen LogP contribution in [0.5, 0.6) is 28.7 Å². The molecule has 0 aliphatic carbocycles. The molecule has 1 aromatic heterocycles. The van der Waals surface area contributed by atoms with Gasteiger partial charge in [-0.15, -0.1) is 0 Å². The minimum absolute atomic E-state index is 0.0951. The summed E-state index contributed by atoms with van der Waals surface area (Å²) in [6.45, 7) is 0. The van der Waals surface area contributed by atoms with Gasteiger partial charge in [-0.25, -0.2) is 0 Å². The predicted octanol–water partition coefficient (Wildman–Crippen LogP) is 4.19. The summed E-state index contributed by atoms with van der Waals surface area (Å²) < 4.78 is 31.7. The number of methoxy groups -OCH3 is 5. The van der Waals surface area contributed by atoms with Gasteiger partial charge in [0.15, 0.2) is 23.0 Å². The Morgan fingerprint density at radius 3 is 2.09 bits per heavy atom. The molecule has 1 heterocycles. The van der Waals surface area contributed by atoms with Crippen LogP contribution >= 0.6 is 0 Å². The first-order valence-corrected chi connectivity index (χ1v) is 9.51. The van der Waals surface area contributed by atoms with Crippen LogP contribution in [0, 0.1) is 0 Å². The first kappa shape index (κ1) is 22.5. The Labute approximate surface area is 185 Å². The summed E-state index contributed by atoms with van der Waals surface area (Å²) in [6, 6.07) is 10.3. The van der Waals surface area contributed by atoms with E-state index in [-0.39, 0.29) is 11.5 Å². The first-order chi connectivity index (χ1) is 15.5. The van der Waals surface area contributed by atoms with Crippen molar-refractivity contribution in [1.29, 1.82) is 0 Å². The van der Waals surface area contributed by atoms with Crippen molar-refractivity contribution in [3.63, 3.8) is 0 Å². The number of aromatic nitrogens is 1. The standard InChI is InChI=1S/C23H24N2O7/c1-27-18-7-6-14(10-20(18)28-2)16-13-19(32-25-16)17(26)8-9-24-15-11-21(29-3)23(31-5)22(12-15)30-4/h6-13,24H,1-5H3/b9-8-. The zero-order valence-electron chi connectivity index (χ0n) is 18.4. The Balaban J connectivity index is 1.73. The molecule has 0 spiro atoms. The predicted molar refractivity (Wildman–Crippen MR) is 118 cm³/mol. The molecule has 3 aromatic rings. The van der Waals surface area contributed by atoms with E-state index in [1.807, 2.05) is 0 Å². The Kier molecular flexibility index (Phi) is 7.22. The molecular formula is C23H24N2O7. The fourth-order valence-electron chi connectivity index (χ4n) is 2.98. The summed E-state index contributed by atoms with van der Waals surface area (Å²) >= 11 is 0. The molecule has 0 fully saturated rings. The van der Waals surface area contributed by atoms with E-state index in [0.717, 1.165) is 5.56 Å². The number of allylic oxidation sites excluding steroid dienone is 1. The lowest BCUT2D eigenvalue weighted by molar-refractivity contribution is 0.101. The van der Waals surface area contributed by atoms with Gasteiger partial charge in [0.1, 0.15) is 5.69 Å². The third kappa shape index (κ3) is 4.77. The maximum absolute atomic E-state index is 12.5. The van der Waals surface area contributed by atoms with E-state index in [9.17, 15) is 4.79 Å². The second kappa shape index (κ2) is 10.3. The molecule has 0 aliphatic heterocycles. The van der Waals surface area contributed by atoms with Crippen molar-refractivity contribution in [2.75, 3.05) is 40.9 Å². The van der Waals surface area contributed by atoms with Gasteiger partial charge in [-0.2, -0.15) is 0 Å². The third-order valence-electron chi connectivity index (χ3n) is 4.58. The highest BCUT2D eigenvalue weighted by Crippen LogP contribution is 2.40. The molecule has 9 heteroatoms. The normalized spacial score (nSPS) is 10.7. The van der Waals surface area contributed by atoms with Crippen molar-refractivity contribution in [3.05, 3.63) is 54.4 Å². The molecule has 0 aliphatic rings. The molecule has 1 N–H and O–H groups in total. The number of benzene rings is 2. The molecule has 168 valence electrons. The van der Waals surface area contributed by atoms with Gasteiger partial charge in [0, 0.05) is 41.7 Å². The van der Waals surface area contributed by atoms with Crippen LogP contribution in [0.4, 0.5) is 5.69 Å². The van der Waals surface area contributed by atoms with Crippen LogP contribution in [0.3, 0.4) is 0 Å². The topological polar surface area (TPSA) is 101 Å². The molecule has 2 aromatic carbocycles. The number of hydrogen-bond acceptors (Lipinski definition) is 9. The van der Waals surface area contributed by atoms with Crippen molar-refractivity contribution in [2.24, 2.45) is 0 Å². The van der Waals surface area contributed by atoms with Crippen LogP contribution in [0.2, 0.25) is 0 Å². The molecule has 0 saturated carbocycles. The number of ether oxygens (including phenoxy) is 5. The van der Waals surface area contributed by atoms with E-state index in [0.29, 0.717) is 40.1 Å². The van der Waals surface area contributed by atoms with Gasteiger partial charge >= 0.3 is 0 Å². The molecule has 0 bridgehead atoms. The number of nitrogens with zero attached hydrogens (tertiary/aromatic N) is 1. The lowest BCUT2D eigenvalue weighted by Gasteiger charge is -2.13. The Hall–Kier alpha value is -4.14. The zero-order valence-corrected chi connectivity index (χ0v) is 18.4. The number of nitrogens with one attached hydrogen (secondary N) is 1. The summed E-state index contributed by atoms with van der Waals surface area (Å²) in [7, 11) is 7.69. The number of hydrogen-bond donors (Lipinski definition) is 1. The monoisotopic (exact) mass is 440 g/mol. The van der Waals surface area contributed by atoms with E-state index in [1.165, 1.54) is 33.6 Å². The van der Waals surface area contributed by atoms with Crippen LogP contribution in [0.1, 0.15) is 10.6 Å². The van der Waals surface area contributed by atoms with E-state index in [2.05, 4.69) is 10.5 Å². The second-order valence-corrected chi connectivity index (χ2v) is 6.40. The van der Waals surface area contributed by atoms with Crippen molar-refractivity contribution >= 4 is 11.5 Å². The Morgan fingerprint density at radius 1 is 0.844 bits per heavy atom. The quantitative estimate of drug-likeness (QED) is 0.367. The van der Waals surface area contributed by atoms with Gasteiger partial charge in [0.2, 0.25) is 17.3 Å². The molecule has 9 nitrogen and oxygen atoms in total. The highest BCUT2D eigenvalue weighted by molar-refractivity contribution is 6.03. The third-order valence-corrected chi connectivity index (χ3v) is 4.58. The summed E-state index contributed by atoms with van der Waals surface area (Å²) in [5.74, 6) is 2.34. The highest BCUT2D eigenvalue weighted by Gasteiger charge is 2.15. The second-order valence-electron chi connectivity index (χ2n) is 6.40. The van der Waals surface area contributed by atoms with Gasteiger partial charge < -0.3 is 33.5 Å². The van der Waals surface area contributed by atoms with Crippen molar-refractivity contribution < 1.29 is 33.0 Å². The fourth-order valence-corrected chi connectivity index (χ4v) is 2.98. The number of rotatable bonds is 10. The summed E-state index contributed by atoms with van der Waals surface area (Å²) in [5.41, 5.74) is 1.87. The lowest BCUT2D eigenvalue weighted by atomic mass is 10.1. The molecule has 0 saturated heterocycles. The highest BCUT2D eigenvalue weighted by atomic mass is 16.5. The van der Waals surface area contributed by atoms with Crippen LogP contribution in [-0.4, -0.2) is 46.5 Å². The molecule has 0 atom stereocenters. The average Bonchev–Trinajstić information content (AvgIpc) is 3.33. The van der Waals surface area contributed by atoms with Crippen LogP contribution in [0.15, 0.2) is 53.2 Å². The summed E-state index contributed by atoms with van der Waals surface area (Å²) in [6.07, 6.45) is 2.82. The summed E-state index contributed by atoms with van der Waals surface area (Å²) in [5, 5.41) is 6.98. The van der Waals surface area contributed by atoms with Gasteiger partial charge in [-0.1, -0.05) is 5.16 Å². The minimum atomic E-state index is -0.357. The van der Waals surface area contributed by atoms with Crippen molar-refractivity contribution in [2.45, 2.75) is 0 Å².